The number of nitrogens with one attached hydrogen (secondary N) is 1. The zero-order valence-corrected chi connectivity index (χ0v) is 19.9. The van der Waals surface area contributed by atoms with Crippen molar-refractivity contribution in [1.29, 1.82) is 0 Å². The standard InChI is InChI=1S/C26H19Cl2FN2O4/c1-13-17(6-3-7-20(13)29)23-26(19(12-22(32)30-23)14-4-2-5-15(27)10-14)18-9-8-16(28)11-21(18)31(24(26)33)25(34)35/h2-11,19,23H,12H2,1H3,(H,30,32)(H,34,35). The van der Waals surface area contributed by atoms with Crippen molar-refractivity contribution in [2.75, 3.05) is 4.90 Å². The largest absolute Gasteiger partial charge is 0.464 e. The van der Waals surface area contributed by atoms with Crippen molar-refractivity contribution in [1.82, 2.24) is 5.32 Å². The lowest BCUT2D eigenvalue weighted by atomic mass is 9.59. The summed E-state index contributed by atoms with van der Waals surface area (Å²) < 4.78 is 14.7. The fourth-order valence-corrected chi connectivity index (χ4v) is 5.87. The molecule has 6 nitrogen and oxygen atoms in total. The molecule has 35 heavy (non-hydrogen) atoms. The number of benzene rings is 3. The number of nitrogens with zero attached hydrogens (tertiary/aromatic N) is 1. The fourth-order valence-electron chi connectivity index (χ4n) is 5.50. The lowest BCUT2D eigenvalue weighted by molar-refractivity contribution is -0.132. The van der Waals surface area contributed by atoms with Crippen LogP contribution in [0.3, 0.4) is 0 Å². The van der Waals surface area contributed by atoms with Crippen LogP contribution >= 0.6 is 23.2 Å². The topological polar surface area (TPSA) is 86.7 Å². The van der Waals surface area contributed by atoms with Crippen LogP contribution < -0.4 is 10.2 Å². The van der Waals surface area contributed by atoms with E-state index in [1.54, 1.807) is 49.4 Å². The number of hydrogen-bond donors (Lipinski definition) is 2. The Labute approximate surface area is 210 Å². The average Bonchev–Trinajstić information content (AvgIpc) is 3.05. The molecule has 178 valence electrons. The number of carboxylic acid groups (broad SMARTS) is 1. The summed E-state index contributed by atoms with van der Waals surface area (Å²) in [6, 6.07) is 14.7. The maximum Gasteiger partial charge on any atom is 0.418 e. The molecule has 2 N–H and O–H groups in total. The van der Waals surface area contributed by atoms with E-state index in [0.29, 0.717) is 26.6 Å². The van der Waals surface area contributed by atoms with E-state index in [9.17, 15) is 23.9 Å². The van der Waals surface area contributed by atoms with Crippen LogP contribution in [-0.4, -0.2) is 23.0 Å². The third-order valence-corrected chi connectivity index (χ3v) is 7.44. The Balaban J connectivity index is 1.89. The minimum absolute atomic E-state index is 0.105. The van der Waals surface area contributed by atoms with Gasteiger partial charge in [-0.25, -0.2) is 14.1 Å². The molecule has 0 aliphatic carbocycles. The van der Waals surface area contributed by atoms with E-state index in [1.165, 1.54) is 18.2 Å². The molecular formula is C26H19Cl2FN2O4. The predicted molar refractivity (Wildman–Crippen MR) is 129 cm³/mol. The number of amides is 3. The molecule has 2 aliphatic heterocycles. The highest BCUT2D eigenvalue weighted by Gasteiger charge is 2.64. The van der Waals surface area contributed by atoms with Crippen LogP contribution in [0.5, 0.6) is 0 Å². The third-order valence-electron chi connectivity index (χ3n) is 6.97. The van der Waals surface area contributed by atoms with Gasteiger partial charge in [-0.15, -0.1) is 0 Å². The molecule has 9 heteroatoms. The Morgan fingerprint density at radius 1 is 1.09 bits per heavy atom. The first-order valence-corrected chi connectivity index (χ1v) is 11.6. The van der Waals surface area contributed by atoms with E-state index >= 15 is 0 Å². The monoisotopic (exact) mass is 512 g/mol. The number of rotatable bonds is 2. The molecular weight excluding hydrogens is 494 g/mol. The summed E-state index contributed by atoms with van der Waals surface area (Å²) >= 11 is 12.5. The van der Waals surface area contributed by atoms with Gasteiger partial charge in [0.05, 0.1) is 11.7 Å². The molecule has 2 heterocycles. The molecule has 0 bridgehead atoms. The highest BCUT2D eigenvalue weighted by molar-refractivity contribution is 6.32. The molecule has 3 aromatic carbocycles. The van der Waals surface area contributed by atoms with Gasteiger partial charge >= 0.3 is 6.09 Å². The van der Waals surface area contributed by atoms with E-state index in [-0.39, 0.29) is 28.6 Å². The zero-order chi connectivity index (χ0) is 25.1. The molecule has 1 fully saturated rings. The number of imide groups is 1. The number of halogens is 3. The summed E-state index contributed by atoms with van der Waals surface area (Å²) in [5, 5.41) is 13.6. The van der Waals surface area contributed by atoms with Gasteiger partial charge < -0.3 is 10.4 Å². The Morgan fingerprint density at radius 2 is 1.80 bits per heavy atom. The first-order chi connectivity index (χ1) is 16.7. The van der Waals surface area contributed by atoms with Gasteiger partial charge in [-0.3, -0.25) is 9.59 Å². The van der Waals surface area contributed by atoms with Gasteiger partial charge in [0.25, 0.3) is 0 Å². The Bertz CT molecular complexity index is 1410. The van der Waals surface area contributed by atoms with Crippen LogP contribution in [0.2, 0.25) is 10.0 Å². The van der Waals surface area contributed by atoms with Gasteiger partial charge in [0.15, 0.2) is 0 Å². The summed E-state index contributed by atoms with van der Waals surface area (Å²) in [4.78, 5) is 40.3. The maximum atomic E-state index is 14.7. The van der Waals surface area contributed by atoms with E-state index in [0.717, 1.165) is 0 Å². The van der Waals surface area contributed by atoms with Crippen LogP contribution in [0.15, 0.2) is 60.7 Å². The van der Waals surface area contributed by atoms with Crippen molar-refractivity contribution in [2.45, 2.75) is 30.7 Å². The normalized spacial score (nSPS) is 23.4. The Kier molecular flexibility index (Phi) is 5.57. The second kappa shape index (κ2) is 8.36. The van der Waals surface area contributed by atoms with Crippen molar-refractivity contribution < 1.29 is 23.9 Å². The molecule has 2 aliphatic rings. The Morgan fingerprint density at radius 3 is 2.51 bits per heavy atom. The molecule has 5 rings (SSSR count). The van der Waals surface area contributed by atoms with Crippen LogP contribution in [0.1, 0.15) is 40.6 Å². The lowest BCUT2D eigenvalue weighted by Crippen LogP contribution is -2.58. The molecule has 1 spiro atoms. The SMILES string of the molecule is Cc1c(F)cccc1C1NC(=O)CC(c2cccc(Cl)c2)C12C(=O)N(C(=O)O)c1cc(Cl)ccc12. The van der Waals surface area contributed by atoms with E-state index in [1.807, 2.05) is 0 Å². The first-order valence-electron chi connectivity index (χ1n) is 10.8. The second-order valence-electron chi connectivity index (χ2n) is 8.72. The van der Waals surface area contributed by atoms with Crippen molar-refractivity contribution >= 4 is 46.8 Å². The number of carbonyl (C=O) groups is 3. The van der Waals surface area contributed by atoms with E-state index < -0.39 is 35.2 Å². The molecule has 3 unspecified atom stereocenters. The lowest BCUT2D eigenvalue weighted by Gasteiger charge is -2.47. The fraction of sp³-hybridized carbons (Fsp3) is 0.192. The van der Waals surface area contributed by atoms with Crippen molar-refractivity contribution in [3.8, 4) is 0 Å². The number of piperidine rings is 1. The highest BCUT2D eigenvalue weighted by atomic mass is 35.5. The minimum Gasteiger partial charge on any atom is -0.464 e. The maximum absolute atomic E-state index is 14.7. The van der Waals surface area contributed by atoms with Gasteiger partial charge in [0, 0.05) is 22.4 Å². The molecule has 3 aromatic rings. The minimum atomic E-state index is -1.60. The average molecular weight is 513 g/mol. The molecule has 1 saturated heterocycles. The van der Waals surface area contributed by atoms with Gasteiger partial charge in [0.1, 0.15) is 11.2 Å². The van der Waals surface area contributed by atoms with Crippen molar-refractivity contribution in [3.05, 3.63) is 98.8 Å². The van der Waals surface area contributed by atoms with Gasteiger partial charge in [-0.2, -0.15) is 0 Å². The third kappa shape index (κ3) is 3.41. The van der Waals surface area contributed by atoms with Crippen LogP contribution in [0.4, 0.5) is 14.9 Å². The summed E-state index contributed by atoms with van der Waals surface area (Å²) in [6.45, 7) is 1.56. The molecule has 0 aromatic heterocycles. The summed E-state index contributed by atoms with van der Waals surface area (Å²) in [5.74, 6) is -2.40. The van der Waals surface area contributed by atoms with Gasteiger partial charge in [-0.1, -0.05) is 53.5 Å². The Hall–Kier alpha value is -3.42. The van der Waals surface area contributed by atoms with Crippen LogP contribution in [0.25, 0.3) is 0 Å². The highest BCUT2D eigenvalue weighted by Crippen LogP contribution is 2.59. The molecule has 3 amide bonds. The van der Waals surface area contributed by atoms with E-state index in [2.05, 4.69) is 5.32 Å². The second-order valence-corrected chi connectivity index (χ2v) is 9.59. The smallest absolute Gasteiger partial charge is 0.418 e. The quantitative estimate of drug-likeness (QED) is 0.457. The number of fused-ring (bicyclic) bond motifs is 2. The summed E-state index contributed by atoms with van der Waals surface area (Å²) in [7, 11) is 0. The molecule has 3 atom stereocenters. The van der Waals surface area contributed by atoms with Gasteiger partial charge in [-0.05, 0) is 59.5 Å². The van der Waals surface area contributed by atoms with E-state index in [4.69, 9.17) is 23.2 Å². The number of carbonyl (C=O) groups excluding carboxylic acids is 2. The van der Waals surface area contributed by atoms with Crippen molar-refractivity contribution in [2.24, 2.45) is 0 Å². The first kappa shape index (κ1) is 23.3. The molecule has 0 saturated carbocycles. The number of hydrogen-bond acceptors (Lipinski definition) is 3. The van der Waals surface area contributed by atoms with Crippen LogP contribution in [0, 0.1) is 12.7 Å². The van der Waals surface area contributed by atoms with Crippen molar-refractivity contribution in [3.63, 3.8) is 0 Å². The van der Waals surface area contributed by atoms with Gasteiger partial charge in [0.2, 0.25) is 11.8 Å². The van der Waals surface area contributed by atoms with Crippen LogP contribution in [-0.2, 0) is 15.0 Å². The molecule has 0 radical (unpaired) electrons. The number of anilines is 1. The predicted octanol–water partition coefficient (Wildman–Crippen LogP) is 5.75. The zero-order valence-electron chi connectivity index (χ0n) is 18.4. The summed E-state index contributed by atoms with van der Waals surface area (Å²) in [5.41, 5.74) is 0.112. The summed E-state index contributed by atoms with van der Waals surface area (Å²) in [6.07, 6.45) is -1.58.